The number of alkyl halides is 2. The normalized spacial score (nSPS) is 18.2. The van der Waals surface area contributed by atoms with Gasteiger partial charge in [0.15, 0.2) is 0 Å². The van der Waals surface area contributed by atoms with Gasteiger partial charge in [-0.25, -0.2) is 8.78 Å². The van der Waals surface area contributed by atoms with E-state index in [1.165, 1.54) is 6.08 Å². The number of hydrogen-bond donors (Lipinski definition) is 0. The monoisotopic (exact) mass is 173 g/mol. The van der Waals surface area contributed by atoms with Crippen LogP contribution in [0.2, 0.25) is 0 Å². The van der Waals surface area contributed by atoms with E-state index < -0.39 is 6.43 Å². The van der Waals surface area contributed by atoms with E-state index in [-0.39, 0.29) is 11.6 Å². The predicted molar refractivity (Wildman–Crippen MR) is 45.6 cm³/mol. The van der Waals surface area contributed by atoms with Crippen LogP contribution in [-0.4, -0.2) is 12.1 Å². The van der Waals surface area contributed by atoms with Crippen molar-refractivity contribution in [1.82, 2.24) is 0 Å². The second-order valence-corrected chi connectivity index (χ2v) is 3.23. The number of aliphatic imine (C=N–C) groups is 1. The van der Waals surface area contributed by atoms with E-state index in [0.29, 0.717) is 6.42 Å². The first-order valence-corrected chi connectivity index (χ1v) is 4.17. The molecule has 68 valence electrons. The zero-order chi connectivity index (χ0) is 9.14. The summed E-state index contributed by atoms with van der Waals surface area (Å²) in [5, 5.41) is 0. The van der Waals surface area contributed by atoms with Crippen LogP contribution < -0.4 is 0 Å². The maximum absolute atomic E-state index is 12.2. The molecule has 0 unspecified atom stereocenters. The van der Waals surface area contributed by atoms with Gasteiger partial charge in [-0.2, -0.15) is 0 Å². The van der Waals surface area contributed by atoms with Gasteiger partial charge in [-0.3, -0.25) is 4.99 Å². The molecule has 0 saturated heterocycles. The highest BCUT2D eigenvalue weighted by Crippen LogP contribution is 2.20. The maximum Gasteiger partial charge on any atom is 0.280 e. The first-order chi connectivity index (χ1) is 5.61. The fraction of sp³-hybridized carbons (Fsp3) is 0.667. The molecular formula is C9H13F2N. The summed E-state index contributed by atoms with van der Waals surface area (Å²) < 4.78 is 24.4. The predicted octanol–water partition coefficient (Wildman–Crippen LogP) is 3.03. The molecule has 0 fully saturated rings. The van der Waals surface area contributed by atoms with E-state index in [9.17, 15) is 8.78 Å². The van der Waals surface area contributed by atoms with Crippen LogP contribution in [0, 0.1) is 5.92 Å². The smallest absolute Gasteiger partial charge is 0.256 e. The Morgan fingerprint density at radius 1 is 1.42 bits per heavy atom. The Kier molecular flexibility index (Phi) is 2.95. The molecule has 1 heterocycles. The molecule has 0 aromatic carbocycles. The van der Waals surface area contributed by atoms with E-state index in [1.54, 1.807) is 0 Å². The summed E-state index contributed by atoms with van der Waals surface area (Å²) in [4.78, 5) is 3.91. The maximum atomic E-state index is 12.2. The number of hydrogen-bond acceptors (Lipinski definition) is 1. The summed E-state index contributed by atoms with van der Waals surface area (Å²) in [5.74, 6) is 0.285. The SMILES string of the molecule is CC(C)C1=NC(C(F)F)=CCC1. The Morgan fingerprint density at radius 2 is 2.08 bits per heavy atom. The van der Waals surface area contributed by atoms with Crippen molar-refractivity contribution in [3.8, 4) is 0 Å². The molecule has 0 atom stereocenters. The first kappa shape index (κ1) is 9.36. The van der Waals surface area contributed by atoms with Crippen LogP contribution in [0.5, 0.6) is 0 Å². The molecule has 0 saturated carbocycles. The third kappa shape index (κ3) is 2.13. The Labute approximate surface area is 71.2 Å². The van der Waals surface area contributed by atoms with Crippen molar-refractivity contribution in [2.24, 2.45) is 10.9 Å². The van der Waals surface area contributed by atoms with Crippen molar-refractivity contribution in [1.29, 1.82) is 0 Å². The number of allylic oxidation sites excluding steroid dienone is 2. The first-order valence-electron chi connectivity index (χ1n) is 4.17. The zero-order valence-electron chi connectivity index (χ0n) is 7.35. The van der Waals surface area contributed by atoms with E-state index in [4.69, 9.17) is 0 Å². The third-order valence-electron chi connectivity index (χ3n) is 1.92. The second kappa shape index (κ2) is 3.78. The lowest BCUT2D eigenvalue weighted by atomic mass is 10.0. The standard InChI is InChI=1S/C9H13F2N/c1-6(2)7-4-3-5-8(12-7)9(10)11/h5-6,9H,3-4H2,1-2H3. The molecule has 0 amide bonds. The van der Waals surface area contributed by atoms with Crippen LogP contribution >= 0.6 is 0 Å². The molecule has 12 heavy (non-hydrogen) atoms. The Balaban J connectivity index is 2.74. The average molecular weight is 173 g/mol. The quantitative estimate of drug-likeness (QED) is 0.608. The summed E-state index contributed by atoms with van der Waals surface area (Å²) in [6, 6.07) is 0. The van der Waals surface area contributed by atoms with Crippen LogP contribution in [0.4, 0.5) is 8.78 Å². The molecule has 0 N–H and O–H groups in total. The highest BCUT2D eigenvalue weighted by atomic mass is 19.3. The minimum Gasteiger partial charge on any atom is -0.256 e. The van der Waals surface area contributed by atoms with Gasteiger partial charge in [0.25, 0.3) is 6.43 Å². The van der Waals surface area contributed by atoms with Gasteiger partial charge in [0.05, 0.1) is 0 Å². The summed E-state index contributed by atoms with van der Waals surface area (Å²) in [5.41, 5.74) is 0.845. The molecule has 0 aromatic heterocycles. The van der Waals surface area contributed by atoms with E-state index in [1.807, 2.05) is 13.8 Å². The average Bonchev–Trinajstić information content (AvgIpc) is 2.04. The van der Waals surface area contributed by atoms with Crippen molar-refractivity contribution in [3.63, 3.8) is 0 Å². The highest BCUT2D eigenvalue weighted by molar-refractivity contribution is 5.88. The number of halogens is 2. The van der Waals surface area contributed by atoms with Gasteiger partial charge in [-0.05, 0) is 18.8 Å². The molecule has 3 heteroatoms. The largest absolute Gasteiger partial charge is 0.280 e. The molecule has 1 rings (SSSR count). The van der Waals surface area contributed by atoms with Gasteiger partial charge in [0.1, 0.15) is 5.70 Å². The van der Waals surface area contributed by atoms with Gasteiger partial charge < -0.3 is 0 Å². The zero-order valence-corrected chi connectivity index (χ0v) is 7.35. The van der Waals surface area contributed by atoms with Crippen molar-refractivity contribution in [2.75, 3.05) is 0 Å². The molecule has 1 aliphatic rings. The number of rotatable bonds is 2. The van der Waals surface area contributed by atoms with Crippen LogP contribution in [0.3, 0.4) is 0 Å². The summed E-state index contributed by atoms with van der Waals surface area (Å²) in [6.45, 7) is 3.96. The van der Waals surface area contributed by atoms with Crippen molar-refractivity contribution >= 4 is 5.71 Å². The second-order valence-electron chi connectivity index (χ2n) is 3.23. The molecule has 1 aliphatic heterocycles. The molecule has 0 radical (unpaired) electrons. The Hall–Kier alpha value is -0.730. The van der Waals surface area contributed by atoms with E-state index >= 15 is 0 Å². The van der Waals surface area contributed by atoms with Crippen LogP contribution in [0.15, 0.2) is 16.8 Å². The lowest BCUT2D eigenvalue weighted by Crippen LogP contribution is -2.12. The molecule has 0 aromatic rings. The van der Waals surface area contributed by atoms with E-state index in [0.717, 1.165) is 12.1 Å². The highest BCUT2D eigenvalue weighted by Gasteiger charge is 2.16. The summed E-state index contributed by atoms with van der Waals surface area (Å²) >= 11 is 0. The lowest BCUT2D eigenvalue weighted by molar-refractivity contribution is 0.187. The van der Waals surface area contributed by atoms with Gasteiger partial charge in [0.2, 0.25) is 0 Å². The molecule has 1 nitrogen and oxygen atoms in total. The number of nitrogens with zero attached hydrogens (tertiary/aromatic N) is 1. The molecule has 0 aliphatic carbocycles. The topological polar surface area (TPSA) is 12.4 Å². The van der Waals surface area contributed by atoms with Gasteiger partial charge >= 0.3 is 0 Å². The van der Waals surface area contributed by atoms with Crippen LogP contribution in [-0.2, 0) is 0 Å². The Bertz CT molecular complexity index is 217. The fourth-order valence-electron chi connectivity index (χ4n) is 1.19. The lowest BCUT2D eigenvalue weighted by Gasteiger charge is -2.14. The molecule has 0 spiro atoms. The van der Waals surface area contributed by atoms with E-state index in [2.05, 4.69) is 4.99 Å². The van der Waals surface area contributed by atoms with Crippen LogP contribution in [0.25, 0.3) is 0 Å². The van der Waals surface area contributed by atoms with Crippen molar-refractivity contribution in [3.05, 3.63) is 11.8 Å². The van der Waals surface area contributed by atoms with Crippen LogP contribution in [0.1, 0.15) is 26.7 Å². The fourth-order valence-corrected chi connectivity index (χ4v) is 1.19. The third-order valence-corrected chi connectivity index (χ3v) is 1.92. The Morgan fingerprint density at radius 3 is 2.58 bits per heavy atom. The minimum atomic E-state index is -2.42. The molecular weight excluding hydrogens is 160 g/mol. The summed E-state index contributed by atoms with van der Waals surface area (Å²) in [6.07, 6.45) is 0.639. The van der Waals surface area contributed by atoms with Gasteiger partial charge in [-0.1, -0.05) is 19.9 Å². The van der Waals surface area contributed by atoms with Gasteiger partial charge in [0, 0.05) is 5.71 Å². The van der Waals surface area contributed by atoms with Gasteiger partial charge in [-0.15, -0.1) is 0 Å². The summed E-state index contributed by atoms with van der Waals surface area (Å²) in [7, 11) is 0. The van der Waals surface area contributed by atoms with Crippen molar-refractivity contribution in [2.45, 2.75) is 33.1 Å². The van der Waals surface area contributed by atoms with Crippen molar-refractivity contribution < 1.29 is 8.78 Å². The minimum absolute atomic E-state index is 0.0510. The molecule has 0 bridgehead atoms.